The highest BCUT2D eigenvalue weighted by atomic mass is 35.5. The fourth-order valence-electron chi connectivity index (χ4n) is 2.47. The first-order chi connectivity index (χ1) is 14.4. The third kappa shape index (κ3) is 5.86. The molecular formula is C23H17Cl2NO4. The van der Waals surface area contributed by atoms with Crippen LogP contribution in [0.4, 0.5) is 5.69 Å². The fourth-order valence-corrected chi connectivity index (χ4v) is 2.86. The number of aliphatic imine (C=N–C) groups is 1. The quantitative estimate of drug-likeness (QED) is 0.218. The second-order valence-electron chi connectivity index (χ2n) is 6.11. The number of carbonyl (C=O) groups is 1. The van der Waals surface area contributed by atoms with Gasteiger partial charge in [-0.1, -0.05) is 35.3 Å². The number of methoxy groups -OCH3 is 1. The normalized spacial score (nSPS) is 11.2. The van der Waals surface area contributed by atoms with Gasteiger partial charge in [-0.15, -0.1) is 0 Å². The van der Waals surface area contributed by atoms with Crippen LogP contribution in [0.15, 0.2) is 71.7 Å². The monoisotopic (exact) mass is 441 g/mol. The van der Waals surface area contributed by atoms with Gasteiger partial charge >= 0.3 is 5.97 Å². The van der Waals surface area contributed by atoms with E-state index in [9.17, 15) is 9.90 Å². The molecule has 3 aromatic rings. The van der Waals surface area contributed by atoms with Crippen molar-refractivity contribution in [2.45, 2.75) is 0 Å². The van der Waals surface area contributed by atoms with Gasteiger partial charge in [0.1, 0.15) is 5.75 Å². The van der Waals surface area contributed by atoms with Crippen LogP contribution in [0.3, 0.4) is 0 Å². The van der Waals surface area contributed by atoms with Gasteiger partial charge in [0.15, 0.2) is 11.5 Å². The minimum Gasteiger partial charge on any atom is -0.508 e. The largest absolute Gasteiger partial charge is 0.508 e. The van der Waals surface area contributed by atoms with Gasteiger partial charge in [0.2, 0.25) is 0 Å². The summed E-state index contributed by atoms with van der Waals surface area (Å²) in [4.78, 5) is 16.5. The highest BCUT2D eigenvalue weighted by Crippen LogP contribution is 2.36. The van der Waals surface area contributed by atoms with Crippen molar-refractivity contribution in [1.29, 1.82) is 0 Å². The van der Waals surface area contributed by atoms with Crippen molar-refractivity contribution in [3.05, 3.63) is 87.9 Å². The maximum Gasteiger partial charge on any atom is 0.336 e. The van der Waals surface area contributed by atoms with Gasteiger partial charge in [0.05, 0.1) is 17.8 Å². The number of carbonyl (C=O) groups excluding carboxylic acids is 1. The first-order valence-electron chi connectivity index (χ1n) is 8.80. The number of esters is 1. The highest BCUT2D eigenvalue weighted by Gasteiger charge is 2.14. The predicted molar refractivity (Wildman–Crippen MR) is 119 cm³/mol. The van der Waals surface area contributed by atoms with Crippen LogP contribution < -0.4 is 9.47 Å². The van der Waals surface area contributed by atoms with E-state index in [1.807, 2.05) is 0 Å². The van der Waals surface area contributed by atoms with E-state index in [2.05, 4.69) is 4.99 Å². The van der Waals surface area contributed by atoms with Crippen molar-refractivity contribution in [3.8, 4) is 17.2 Å². The summed E-state index contributed by atoms with van der Waals surface area (Å²) >= 11 is 12.1. The van der Waals surface area contributed by atoms with Gasteiger partial charge in [0, 0.05) is 17.3 Å². The van der Waals surface area contributed by atoms with Crippen molar-refractivity contribution in [3.63, 3.8) is 0 Å². The van der Waals surface area contributed by atoms with Crippen LogP contribution in [0.1, 0.15) is 11.1 Å². The SMILES string of the molecule is COc1cc(/C=N/c2ccc(O)cc2)cc(Cl)c1OC(=O)/C=C/c1ccc(Cl)cc1. The van der Waals surface area contributed by atoms with E-state index in [0.29, 0.717) is 22.0 Å². The molecule has 0 fully saturated rings. The van der Waals surface area contributed by atoms with Crippen LogP contribution in [-0.4, -0.2) is 24.4 Å². The number of nitrogens with zero attached hydrogens (tertiary/aromatic N) is 1. The minimum atomic E-state index is -0.601. The van der Waals surface area contributed by atoms with Gasteiger partial charge in [0.25, 0.3) is 0 Å². The molecule has 0 unspecified atom stereocenters. The first kappa shape index (κ1) is 21.4. The van der Waals surface area contributed by atoms with Crippen LogP contribution in [0.5, 0.6) is 17.2 Å². The van der Waals surface area contributed by atoms with E-state index in [1.54, 1.807) is 73.0 Å². The summed E-state index contributed by atoms with van der Waals surface area (Å²) in [5.41, 5.74) is 2.11. The zero-order chi connectivity index (χ0) is 21.5. The number of phenolic OH excluding ortho intramolecular Hbond substituents is 1. The van der Waals surface area contributed by atoms with E-state index < -0.39 is 5.97 Å². The van der Waals surface area contributed by atoms with Crippen LogP contribution in [0.2, 0.25) is 10.0 Å². The highest BCUT2D eigenvalue weighted by molar-refractivity contribution is 6.32. The molecule has 0 radical (unpaired) electrons. The van der Waals surface area contributed by atoms with Crippen molar-refractivity contribution in [2.75, 3.05) is 7.11 Å². The van der Waals surface area contributed by atoms with Crippen molar-refractivity contribution in [1.82, 2.24) is 0 Å². The molecule has 7 heteroatoms. The Hall–Kier alpha value is -3.28. The Morgan fingerprint density at radius 3 is 2.37 bits per heavy atom. The van der Waals surface area contributed by atoms with E-state index in [0.717, 1.165) is 5.56 Å². The third-order valence-electron chi connectivity index (χ3n) is 3.95. The smallest absolute Gasteiger partial charge is 0.336 e. The number of rotatable bonds is 6. The molecule has 152 valence electrons. The Balaban J connectivity index is 1.75. The number of ether oxygens (including phenoxy) is 2. The topological polar surface area (TPSA) is 68.1 Å². The Morgan fingerprint density at radius 2 is 1.70 bits per heavy atom. The minimum absolute atomic E-state index is 0.117. The van der Waals surface area contributed by atoms with E-state index >= 15 is 0 Å². The molecule has 0 heterocycles. The van der Waals surface area contributed by atoms with Crippen molar-refractivity contribution in [2.24, 2.45) is 4.99 Å². The lowest BCUT2D eigenvalue weighted by Gasteiger charge is -2.11. The van der Waals surface area contributed by atoms with Crippen molar-refractivity contribution < 1.29 is 19.4 Å². The lowest BCUT2D eigenvalue weighted by atomic mass is 10.2. The summed E-state index contributed by atoms with van der Waals surface area (Å²) in [5, 5.41) is 10.1. The van der Waals surface area contributed by atoms with Gasteiger partial charge in [-0.3, -0.25) is 4.99 Å². The number of halogens is 2. The molecule has 0 amide bonds. The molecule has 1 N–H and O–H groups in total. The zero-order valence-electron chi connectivity index (χ0n) is 15.9. The predicted octanol–water partition coefficient (Wildman–Crippen LogP) is 6.08. The molecule has 0 aliphatic heterocycles. The molecule has 0 aliphatic rings. The first-order valence-corrected chi connectivity index (χ1v) is 9.56. The standard InChI is InChI=1S/C23H17Cl2NO4/c1-29-21-13-16(14-26-18-7-9-19(27)10-8-18)12-20(25)23(21)30-22(28)11-4-15-2-5-17(24)6-3-15/h2-14,27H,1H3/b11-4+,26-14+. The maximum atomic E-state index is 12.2. The van der Waals surface area contributed by atoms with Crippen LogP contribution in [0, 0.1) is 0 Å². The Labute approximate surface area is 183 Å². The van der Waals surface area contributed by atoms with Crippen LogP contribution >= 0.6 is 23.2 Å². The molecule has 0 bridgehead atoms. The summed E-state index contributed by atoms with van der Waals surface area (Å²) < 4.78 is 10.7. The van der Waals surface area contributed by atoms with E-state index in [4.69, 9.17) is 32.7 Å². The van der Waals surface area contributed by atoms with Crippen molar-refractivity contribution >= 4 is 47.1 Å². The lowest BCUT2D eigenvalue weighted by Crippen LogP contribution is -2.06. The Kier molecular flexibility index (Phi) is 7.12. The molecule has 5 nitrogen and oxygen atoms in total. The second kappa shape index (κ2) is 9.96. The average Bonchev–Trinajstić information content (AvgIpc) is 2.74. The number of aromatic hydroxyl groups is 1. The molecule has 0 saturated carbocycles. The molecule has 0 atom stereocenters. The summed E-state index contributed by atoms with van der Waals surface area (Å²) in [7, 11) is 1.45. The second-order valence-corrected chi connectivity index (χ2v) is 6.96. The van der Waals surface area contributed by atoms with Crippen LogP contribution in [0.25, 0.3) is 6.08 Å². The molecule has 0 aromatic heterocycles. The van der Waals surface area contributed by atoms with Gasteiger partial charge in [-0.25, -0.2) is 4.79 Å². The van der Waals surface area contributed by atoms with E-state index in [-0.39, 0.29) is 16.5 Å². The molecule has 3 aromatic carbocycles. The van der Waals surface area contributed by atoms with E-state index in [1.165, 1.54) is 13.2 Å². The number of benzene rings is 3. The Morgan fingerprint density at radius 1 is 1.00 bits per heavy atom. The lowest BCUT2D eigenvalue weighted by molar-refractivity contribution is -0.129. The Bertz CT molecular complexity index is 1090. The summed E-state index contributed by atoms with van der Waals surface area (Å²) in [6, 6.07) is 16.7. The summed E-state index contributed by atoms with van der Waals surface area (Å²) in [6.07, 6.45) is 4.49. The number of hydrogen-bond acceptors (Lipinski definition) is 5. The average molecular weight is 442 g/mol. The third-order valence-corrected chi connectivity index (χ3v) is 4.48. The van der Waals surface area contributed by atoms with Crippen LogP contribution in [-0.2, 0) is 4.79 Å². The summed E-state index contributed by atoms with van der Waals surface area (Å²) in [6.45, 7) is 0. The maximum absolute atomic E-state index is 12.2. The number of hydrogen-bond donors (Lipinski definition) is 1. The molecule has 0 aliphatic carbocycles. The van der Waals surface area contributed by atoms with Gasteiger partial charge in [-0.2, -0.15) is 0 Å². The molecule has 3 rings (SSSR count). The van der Waals surface area contributed by atoms with Gasteiger partial charge < -0.3 is 14.6 Å². The summed E-state index contributed by atoms with van der Waals surface area (Å²) in [5.74, 6) is -0.0276. The molecule has 0 spiro atoms. The fraction of sp³-hybridized carbons (Fsp3) is 0.0435. The molecular weight excluding hydrogens is 425 g/mol. The zero-order valence-corrected chi connectivity index (χ0v) is 17.4. The molecule has 0 saturated heterocycles. The molecule has 30 heavy (non-hydrogen) atoms. The number of phenols is 1. The van der Waals surface area contributed by atoms with Gasteiger partial charge in [-0.05, 0) is 65.7 Å².